The molecule has 2 rings (SSSR count). The van der Waals surface area contributed by atoms with Crippen molar-refractivity contribution in [3.63, 3.8) is 0 Å². The molecule has 1 heterocycles. The van der Waals surface area contributed by atoms with E-state index in [2.05, 4.69) is 5.10 Å². The standard InChI is InChI=1S/C13H6ClF6N3O3/c14-6-4-7(15)8(3-5(6)1-2-9(24)25)23-12(26)22(11(16)17)10(21-23)13(18,19)20/h1-4,11H,(H,24,25)/b2-1+. The molecule has 13 heteroatoms. The van der Waals surface area contributed by atoms with Crippen LogP contribution in [-0.4, -0.2) is 25.4 Å². The van der Waals surface area contributed by atoms with Crippen molar-refractivity contribution in [2.75, 3.05) is 0 Å². The average molecular weight is 402 g/mol. The van der Waals surface area contributed by atoms with E-state index in [-0.39, 0.29) is 15.3 Å². The summed E-state index contributed by atoms with van der Waals surface area (Å²) in [4.78, 5) is 22.4. The zero-order valence-electron chi connectivity index (χ0n) is 12.1. The molecule has 0 spiro atoms. The van der Waals surface area contributed by atoms with Gasteiger partial charge in [-0.15, -0.1) is 5.10 Å². The van der Waals surface area contributed by atoms with Crippen LogP contribution in [0.4, 0.5) is 26.3 Å². The number of carbonyl (C=O) groups is 1. The van der Waals surface area contributed by atoms with E-state index >= 15 is 0 Å². The van der Waals surface area contributed by atoms with Crippen molar-refractivity contribution in [1.82, 2.24) is 14.3 Å². The summed E-state index contributed by atoms with van der Waals surface area (Å²) in [5.74, 6) is -4.97. The molecule has 1 aromatic heterocycles. The van der Waals surface area contributed by atoms with Gasteiger partial charge in [-0.05, 0) is 23.8 Å². The van der Waals surface area contributed by atoms with E-state index in [1.807, 2.05) is 0 Å². The van der Waals surface area contributed by atoms with Gasteiger partial charge in [0.2, 0.25) is 5.82 Å². The Morgan fingerprint density at radius 2 is 1.92 bits per heavy atom. The third kappa shape index (κ3) is 3.74. The lowest BCUT2D eigenvalue weighted by Gasteiger charge is -2.06. The van der Waals surface area contributed by atoms with Crippen LogP contribution >= 0.6 is 11.6 Å². The zero-order valence-corrected chi connectivity index (χ0v) is 12.9. The first kappa shape index (κ1) is 19.6. The van der Waals surface area contributed by atoms with E-state index in [1.165, 1.54) is 0 Å². The molecule has 0 aliphatic carbocycles. The number of benzene rings is 1. The highest BCUT2D eigenvalue weighted by Crippen LogP contribution is 2.30. The lowest BCUT2D eigenvalue weighted by Crippen LogP contribution is -2.27. The first-order valence-electron chi connectivity index (χ1n) is 6.40. The molecule has 0 amide bonds. The van der Waals surface area contributed by atoms with Gasteiger partial charge in [-0.1, -0.05) is 11.6 Å². The zero-order chi connectivity index (χ0) is 19.8. The normalized spacial score (nSPS) is 12.3. The maximum atomic E-state index is 14.0. The number of halogens is 7. The third-order valence-corrected chi connectivity index (χ3v) is 3.29. The largest absolute Gasteiger partial charge is 0.478 e. The fraction of sp³-hybridized carbons (Fsp3) is 0.154. The van der Waals surface area contributed by atoms with Crippen LogP contribution in [0.1, 0.15) is 17.9 Å². The van der Waals surface area contributed by atoms with E-state index in [1.54, 1.807) is 0 Å². The minimum Gasteiger partial charge on any atom is -0.478 e. The molecule has 0 radical (unpaired) electrons. The summed E-state index contributed by atoms with van der Waals surface area (Å²) in [5, 5.41) is 11.0. The average Bonchev–Trinajstić information content (AvgIpc) is 2.84. The number of carboxylic acids is 1. The number of hydrogen-bond acceptors (Lipinski definition) is 3. The number of alkyl halides is 5. The molecule has 6 nitrogen and oxygen atoms in total. The van der Waals surface area contributed by atoms with Gasteiger partial charge in [0, 0.05) is 6.08 Å². The van der Waals surface area contributed by atoms with Gasteiger partial charge in [-0.3, -0.25) is 0 Å². The summed E-state index contributed by atoms with van der Waals surface area (Å²) in [6, 6.07) is 1.26. The Morgan fingerprint density at radius 1 is 1.31 bits per heavy atom. The summed E-state index contributed by atoms with van der Waals surface area (Å²) in [6.07, 6.45) is -3.95. The lowest BCUT2D eigenvalue weighted by molar-refractivity contribution is -0.152. The van der Waals surface area contributed by atoms with Crippen molar-refractivity contribution < 1.29 is 36.2 Å². The van der Waals surface area contributed by atoms with E-state index in [0.29, 0.717) is 18.2 Å². The summed E-state index contributed by atoms with van der Waals surface area (Å²) >= 11 is 5.67. The Morgan fingerprint density at radius 3 is 2.38 bits per heavy atom. The molecular formula is C13H6ClF6N3O3. The molecule has 0 aliphatic heterocycles. The molecule has 1 aromatic carbocycles. The number of hydrogen-bond donors (Lipinski definition) is 1. The van der Waals surface area contributed by atoms with Crippen molar-refractivity contribution in [2.24, 2.45) is 0 Å². The number of rotatable bonds is 4. The summed E-state index contributed by atoms with van der Waals surface area (Å²) in [5.41, 5.74) is -3.06. The van der Waals surface area contributed by atoms with Crippen LogP contribution < -0.4 is 5.69 Å². The number of aliphatic carboxylic acids is 1. The quantitative estimate of drug-likeness (QED) is 0.630. The van der Waals surface area contributed by atoms with Crippen LogP contribution in [0.2, 0.25) is 5.02 Å². The highest BCUT2D eigenvalue weighted by atomic mass is 35.5. The third-order valence-electron chi connectivity index (χ3n) is 2.96. The van der Waals surface area contributed by atoms with Crippen LogP contribution in [0.3, 0.4) is 0 Å². The second kappa shape index (κ2) is 6.86. The fourth-order valence-electron chi connectivity index (χ4n) is 1.91. The number of aromatic nitrogens is 3. The minimum absolute atomic E-state index is 0.197. The van der Waals surface area contributed by atoms with Crippen molar-refractivity contribution in [1.29, 1.82) is 0 Å². The van der Waals surface area contributed by atoms with Crippen molar-refractivity contribution in [3.05, 3.63) is 50.9 Å². The van der Waals surface area contributed by atoms with Crippen LogP contribution in [0.5, 0.6) is 0 Å². The fourth-order valence-corrected chi connectivity index (χ4v) is 2.12. The molecule has 140 valence electrons. The molecule has 0 atom stereocenters. The Labute approximate surface area is 144 Å². The second-order valence-corrected chi connectivity index (χ2v) is 5.07. The van der Waals surface area contributed by atoms with E-state index < -0.39 is 46.3 Å². The van der Waals surface area contributed by atoms with Gasteiger partial charge in [-0.2, -0.15) is 26.6 Å². The van der Waals surface area contributed by atoms with Gasteiger partial charge in [0.15, 0.2) is 5.82 Å². The van der Waals surface area contributed by atoms with Gasteiger partial charge in [-0.25, -0.2) is 18.5 Å². The lowest BCUT2D eigenvalue weighted by atomic mass is 10.1. The summed E-state index contributed by atoms with van der Waals surface area (Å²) in [7, 11) is 0. The predicted octanol–water partition coefficient (Wildman–Crippen LogP) is 3.34. The van der Waals surface area contributed by atoms with Crippen molar-refractivity contribution >= 4 is 23.6 Å². The van der Waals surface area contributed by atoms with E-state index in [4.69, 9.17) is 16.7 Å². The SMILES string of the molecule is O=C(O)/C=C/c1cc(-n2nc(C(F)(F)F)n(C(F)F)c2=O)c(F)cc1Cl. The number of nitrogens with zero attached hydrogens (tertiary/aromatic N) is 3. The molecule has 0 aliphatic rings. The monoisotopic (exact) mass is 401 g/mol. The maximum Gasteiger partial charge on any atom is 0.451 e. The highest BCUT2D eigenvalue weighted by molar-refractivity contribution is 6.32. The molecule has 0 fully saturated rings. The van der Waals surface area contributed by atoms with E-state index in [9.17, 15) is 35.9 Å². The van der Waals surface area contributed by atoms with Crippen molar-refractivity contribution in [3.8, 4) is 5.69 Å². The minimum atomic E-state index is -5.41. The molecule has 26 heavy (non-hydrogen) atoms. The molecule has 0 unspecified atom stereocenters. The Hall–Kier alpha value is -2.76. The van der Waals surface area contributed by atoms with Crippen LogP contribution in [0, 0.1) is 5.82 Å². The first-order chi connectivity index (χ1) is 11.9. The number of carboxylic acid groups (broad SMARTS) is 1. The van der Waals surface area contributed by atoms with Gasteiger partial charge >= 0.3 is 24.4 Å². The summed E-state index contributed by atoms with van der Waals surface area (Å²) in [6.45, 7) is -3.88. The first-order valence-corrected chi connectivity index (χ1v) is 6.78. The highest BCUT2D eigenvalue weighted by Gasteiger charge is 2.41. The van der Waals surface area contributed by atoms with Gasteiger partial charge in [0.05, 0.1) is 5.02 Å². The van der Waals surface area contributed by atoms with E-state index in [0.717, 1.165) is 6.08 Å². The topological polar surface area (TPSA) is 77.1 Å². The molecule has 0 saturated heterocycles. The molecule has 0 bridgehead atoms. The Bertz CT molecular complexity index is 948. The molecule has 1 N–H and O–H groups in total. The van der Waals surface area contributed by atoms with Gasteiger partial charge in [0.25, 0.3) is 0 Å². The van der Waals surface area contributed by atoms with Crippen LogP contribution in [0.25, 0.3) is 11.8 Å². The molecule has 0 saturated carbocycles. The Balaban J connectivity index is 2.75. The van der Waals surface area contributed by atoms with Crippen LogP contribution in [0.15, 0.2) is 23.0 Å². The second-order valence-electron chi connectivity index (χ2n) is 4.66. The van der Waals surface area contributed by atoms with Gasteiger partial charge in [0.1, 0.15) is 5.69 Å². The molecular weight excluding hydrogens is 396 g/mol. The van der Waals surface area contributed by atoms with Crippen molar-refractivity contribution in [2.45, 2.75) is 12.7 Å². The smallest absolute Gasteiger partial charge is 0.451 e. The van der Waals surface area contributed by atoms with Gasteiger partial charge < -0.3 is 5.11 Å². The summed E-state index contributed by atoms with van der Waals surface area (Å²) < 4.78 is 77.0. The van der Waals surface area contributed by atoms with Crippen LogP contribution in [-0.2, 0) is 11.0 Å². The molecule has 2 aromatic rings. The predicted molar refractivity (Wildman–Crippen MR) is 75.7 cm³/mol. The maximum absolute atomic E-state index is 14.0. The Kier molecular flexibility index (Phi) is 5.16.